The van der Waals surface area contributed by atoms with Crippen molar-refractivity contribution in [3.05, 3.63) is 48.4 Å². The van der Waals surface area contributed by atoms with Crippen LogP contribution in [0.2, 0.25) is 0 Å². The molecule has 3 heterocycles. The SMILES string of the molecule is CC(C)(C)c1nccc(N2CCN(c3nnnn3-c3ccccc3)CC2)n1. The number of anilines is 2. The maximum atomic E-state index is 4.77. The number of para-hydroxylation sites is 1. The van der Waals surface area contributed by atoms with E-state index in [4.69, 9.17) is 4.98 Å². The first-order valence-corrected chi connectivity index (χ1v) is 9.19. The van der Waals surface area contributed by atoms with Gasteiger partial charge in [0.1, 0.15) is 11.6 Å². The predicted octanol–water partition coefficient (Wildman–Crippen LogP) is 2.08. The van der Waals surface area contributed by atoms with Crippen LogP contribution in [-0.4, -0.2) is 56.4 Å². The molecule has 1 fully saturated rings. The van der Waals surface area contributed by atoms with Crippen molar-refractivity contribution in [2.45, 2.75) is 26.2 Å². The molecule has 0 radical (unpaired) electrons. The summed E-state index contributed by atoms with van der Waals surface area (Å²) in [5.74, 6) is 2.63. The fourth-order valence-corrected chi connectivity index (χ4v) is 3.14. The smallest absolute Gasteiger partial charge is 0.250 e. The van der Waals surface area contributed by atoms with Crippen LogP contribution in [-0.2, 0) is 5.41 Å². The van der Waals surface area contributed by atoms with Gasteiger partial charge in [-0.1, -0.05) is 44.1 Å². The topological polar surface area (TPSA) is 75.9 Å². The van der Waals surface area contributed by atoms with Crippen molar-refractivity contribution in [1.29, 1.82) is 0 Å². The fraction of sp³-hybridized carbons (Fsp3) is 0.421. The molecule has 4 rings (SSSR count). The van der Waals surface area contributed by atoms with Gasteiger partial charge >= 0.3 is 0 Å². The van der Waals surface area contributed by atoms with Crippen LogP contribution in [0.3, 0.4) is 0 Å². The minimum Gasteiger partial charge on any atom is -0.353 e. The van der Waals surface area contributed by atoms with E-state index in [0.717, 1.165) is 49.5 Å². The lowest BCUT2D eigenvalue weighted by Gasteiger charge is -2.35. The van der Waals surface area contributed by atoms with Crippen LogP contribution < -0.4 is 9.80 Å². The Morgan fingerprint density at radius 2 is 1.59 bits per heavy atom. The van der Waals surface area contributed by atoms with Gasteiger partial charge in [-0.3, -0.25) is 0 Å². The molecule has 0 aliphatic carbocycles. The number of hydrogen-bond acceptors (Lipinski definition) is 7. The number of rotatable bonds is 3. The Kier molecular flexibility index (Phi) is 4.47. The molecule has 8 heteroatoms. The molecule has 27 heavy (non-hydrogen) atoms. The van der Waals surface area contributed by atoms with Gasteiger partial charge in [0, 0.05) is 37.8 Å². The normalized spacial score (nSPS) is 15.2. The van der Waals surface area contributed by atoms with E-state index in [-0.39, 0.29) is 5.41 Å². The summed E-state index contributed by atoms with van der Waals surface area (Å²) in [7, 11) is 0. The van der Waals surface area contributed by atoms with Gasteiger partial charge in [-0.15, -0.1) is 0 Å². The van der Waals surface area contributed by atoms with Crippen LogP contribution >= 0.6 is 0 Å². The largest absolute Gasteiger partial charge is 0.353 e. The lowest BCUT2D eigenvalue weighted by molar-refractivity contribution is 0.541. The molecule has 140 valence electrons. The van der Waals surface area contributed by atoms with E-state index >= 15 is 0 Å². The van der Waals surface area contributed by atoms with Crippen molar-refractivity contribution in [1.82, 2.24) is 30.2 Å². The van der Waals surface area contributed by atoms with Crippen molar-refractivity contribution in [2.24, 2.45) is 0 Å². The van der Waals surface area contributed by atoms with Gasteiger partial charge in [0.15, 0.2) is 0 Å². The summed E-state index contributed by atoms with van der Waals surface area (Å²) in [5.41, 5.74) is 0.904. The number of piperazine rings is 1. The lowest BCUT2D eigenvalue weighted by atomic mass is 9.96. The maximum Gasteiger partial charge on any atom is 0.250 e. The zero-order valence-electron chi connectivity index (χ0n) is 15.9. The van der Waals surface area contributed by atoms with Gasteiger partial charge in [-0.25, -0.2) is 9.97 Å². The Hall–Kier alpha value is -3.03. The second-order valence-corrected chi connectivity index (χ2v) is 7.69. The monoisotopic (exact) mass is 364 g/mol. The van der Waals surface area contributed by atoms with Crippen LogP contribution in [0.25, 0.3) is 5.69 Å². The number of benzene rings is 1. The standard InChI is InChI=1S/C19H24N8/c1-19(2,3)17-20-10-9-16(21-17)25-11-13-26(14-12-25)18-22-23-24-27(18)15-7-5-4-6-8-15/h4-10H,11-14H2,1-3H3. The second-order valence-electron chi connectivity index (χ2n) is 7.69. The second kappa shape index (κ2) is 6.94. The van der Waals surface area contributed by atoms with Gasteiger partial charge in [0.25, 0.3) is 0 Å². The van der Waals surface area contributed by atoms with Crippen LogP contribution in [0.4, 0.5) is 11.8 Å². The first-order chi connectivity index (χ1) is 13.0. The fourth-order valence-electron chi connectivity index (χ4n) is 3.14. The van der Waals surface area contributed by atoms with Crippen LogP contribution in [0.5, 0.6) is 0 Å². The molecule has 1 aliphatic heterocycles. The summed E-state index contributed by atoms with van der Waals surface area (Å²) in [4.78, 5) is 13.7. The van der Waals surface area contributed by atoms with E-state index < -0.39 is 0 Å². The quantitative estimate of drug-likeness (QED) is 0.704. The predicted molar refractivity (Wildman–Crippen MR) is 104 cm³/mol. The van der Waals surface area contributed by atoms with Gasteiger partial charge in [-0.2, -0.15) is 4.68 Å². The Labute approximate surface area is 158 Å². The summed E-state index contributed by atoms with van der Waals surface area (Å²) in [5, 5.41) is 12.3. The summed E-state index contributed by atoms with van der Waals surface area (Å²) in [6.07, 6.45) is 1.85. The van der Waals surface area contributed by atoms with E-state index in [1.54, 1.807) is 4.68 Å². The van der Waals surface area contributed by atoms with Crippen LogP contribution in [0, 0.1) is 0 Å². The van der Waals surface area contributed by atoms with Crippen molar-refractivity contribution >= 4 is 11.8 Å². The third-order valence-corrected chi connectivity index (χ3v) is 4.65. The van der Waals surface area contributed by atoms with E-state index in [0.29, 0.717) is 0 Å². The summed E-state index contributed by atoms with van der Waals surface area (Å²) in [6, 6.07) is 12.0. The average molecular weight is 364 g/mol. The summed E-state index contributed by atoms with van der Waals surface area (Å²) in [6.45, 7) is 9.79. The number of hydrogen-bond donors (Lipinski definition) is 0. The summed E-state index contributed by atoms with van der Waals surface area (Å²) >= 11 is 0. The molecular weight excluding hydrogens is 340 g/mol. The zero-order valence-corrected chi connectivity index (χ0v) is 15.9. The molecule has 0 saturated carbocycles. The van der Waals surface area contributed by atoms with Gasteiger partial charge in [0.05, 0.1) is 5.69 Å². The molecule has 3 aromatic rings. The first kappa shape index (κ1) is 17.4. The van der Waals surface area contributed by atoms with Gasteiger partial charge < -0.3 is 9.80 Å². The molecular formula is C19H24N8. The minimum atomic E-state index is -0.0599. The van der Waals surface area contributed by atoms with Crippen LogP contribution in [0.1, 0.15) is 26.6 Å². The Balaban J connectivity index is 1.49. The lowest BCUT2D eigenvalue weighted by Crippen LogP contribution is -2.47. The van der Waals surface area contributed by atoms with Gasteiger partial charge in [0.2, 0.25) is 5.95 Å². The first-order valence-electron chi connectivity index (χ1n) is 9.19. The third kappa shape index (κ3) is 3.60. The molecule has 1 aliphatic rings. The molecule has 0 N–H and O–H groups in total. The summed E-state index contributed by atoms with van der Waals surface area (Å²) < 4.78 is 1.79. The molecule has 0 atom stereocenters. The highest BCUT2D eigenvalue weighted by Crippen LogP contribution is 2.22. The Morgan fingerprint density at radius 3 is 2.30 bits per heavy atom. The van der Waals surface area contributed by atoms with E-state index in [9.17, 15) is 0 Å². The highest BCUT2D eigenvalue weighted by atomic mass is 15.6. The average Bonchev–Trinajstić information content (AvgIpc) is 3.18. The minimum absolute atomic E-state index is 0.0599. The molecule has 0 amide bonds. The van der Waals surface area contributed by atoms with Crippen molar-refractivity contribution in [2.75, 3.05) is 36.0 Å². The number of tetrazole rings is 1. The van der Waals surface area contributed by atoms with E-state index in [1.165, 1.54) is 0 Å². The molecule has 0 spiro atoms. The highest BCUT2D eigenvalue weighted by molar-refractivity contribution is 5.45. The molecule has 1 aromatic carbocycles. The van der Waals surface area contributed by atoms with Crippen molar-refractivity contribution in [3.63, 3.8) is 0 Å². The zero-order chi connectivity index (χ0) is 18.9. The third-order valence-electron chi connectivity index (χ3n) is 4.65. The molecule has 0 unspecified atom stereocenters. The maximum absolute atomic E-state index is 4.77. The Bertz CT molecular complexity index is 891. The van der Waals surface area contributed by atoms with Crippen molar-refractivity contribution < 1.29 is 0 Å². The number of nitrogens with zero attached hydrogens (tertiary/aromatic N) is 8. The molecule has 8 nitrogen and oxygen atoms in total. The number of aromatic nitrogens is 6. The highest BCUT2D eigenvalue weighted by Gasteiger charge is 2.24. The molecule has 0 bridgehead atoms. The van der Waals surface area contributed by atoms with Crippen LogP contribution in [0.15, 0.2) is 42.6 Å². The van der Waals surface area contributed by atoms with Crippen molar-refractivity contribution in [3.8, 4) is 5.69 Å². The van der Waals surface area contributed by atoms with E-state index in [1.807, 2.05) is 42.6 Å². The molecule has 1 saturated heterocycles. The Morgan fingerprint density at radius 1 is 0.889 bits per heavy atom. The molecule has 2 aromatic heterocycles. The van der Waals surface area contributed by atoms with Gasteiger partial charge in [-0.05, 0) is 28.6 Å². The van der Waals surface area contributed by atoms with E-state index in [2.05, 4.69) is 51.1 Å².